The zero-order valence-corrected chi connectivity index (χ0v) is 11.4. The van der Waals surface area contributed by atoms with Crippen molar-refractivity contribution in [2.24, 2.45) is 17.6 Å². The molecule has 3 atom stereocenters. The summed E-state index contributed by atoms with van der Waals surface area (Å²) in [6.45, 7) is 1.89. The fourth-order valence-electron chi connectivity index (χ4n) is 3.35. The van der Waals surface area contributed by atoms with Crippen LogP contribution < -0.4 is 5.73 Å². The van der Waals surface area contributed by atoms with E-state index in [0.29, 0.717) is 30.2 Å². The molecule has 1 unspecified atom stereocenters. The Morgan fingerprint density at radius 1 is 1.39 bits per heavy atom. The third kappa shape index (κ3) is 2.45. The normalized spacial score (nSPS) is 31.4. The molecule has 3 nitrogen and oxygen atoms in total. The molecule has 2 fully saturated rings. The molecule has 2 aliphatic rings. The van der Waals surface area contributed by atoms with Crippen molar-refractivity contribution >= 4 is 17.2 Å². The predicted molar refractivity (Wildman–Crippen MR) is 73.4 cm³/mol. The molecule has 0 spiro atoms. The van der Waals surface area contributed by atoms with Crippen molar-refractivity contribution in [3.05, 3.63) is 22.4 Å². The van der Waals surface area contributed by atoms with E-state index in [-0.39, 0.29) is 0 Å². The number of carbonyl (C=O) groups is 1. The van der Waals surface area contributed by atoms with Crippen LogP contribution in [0.15, 0.2) is 17.5 Å². The number of nitrogens with zero attached hydrogens (tertiary/aromatic N) is 1. The number of likely N-dealkylation sites (tertiary alicyclic amines) is 1. The fourth-order valence-corrected chi connectivity index (χ4v) is 4.04. The van der Waals surface area contributed by atoms with Gasteiger partial charge >= 0.3 is 0 Å². The summed E-state index contributed by atoms with van der Waals surface area (Å²) in [6.07, 6.45) is 4.01. The molecule has 1 aliphatic heterocycles. The van der Waals surface area contributed by atoms with Crippen LogP contribution in [0.2, 0.25) is 0 Å². The predicted octanol–water partition coefficient (Wildman–Crippen LogP) is 1.88. The van der Waals surface area contributed by atoms with Gasteiger partial charge in [0.2, 0.25) is 5.91 Å². The zero-order valence-electron chi connectivity index (χ0n) is 10.5. The smallest absolute Gasteiger partial charge is 0.227 e. The highest BCUT2D eigenvalue weighted by atomic mass is 32.1. The number of hydrogen-bond donors (Lipinski definition) is 1. The lowest BCUT2D eigenvalue weighted by molar-refractivity contribution is -0.129. The molecule has 2 N–H and O–H groups in total. The number of amides is 1. The second-order valence-electron chi connectivity index (χ2n) is 5.65. The second-order valence-corrected chi connectivity index (χ2v) is 6.68. The van der Waals surface area contributed by atoms with E-state index in [9.17, 15) is 4.79 Å². The van der Waals surface area contributed by atoms with Gasteiger partial charge in [-0.05, 0) is 42.5 Å². The van der Waals surface area contributed by atoms with Crippen molar-refractivity contribution in [3.8, 4) is 0 Å². The first-order chi connectivity index (χ1) is 8.72. The number of rotatable bonds is 2. The van der Waals surface area contributed by atoms with Crippen molar-refractivity contribution in [2.75, 3.05) is 13.1 Å². The Morgan fingerprint density at radius 2 is 2.22 bits per heavy atom. The second kappa shape index (κ2) is 5.02. The monoisotopic (exact) mass is 264 g/mol. The molecule has 1 aromatic heterocycles. The SMILES string of the molecule is NC1CC[C@H]2CN(C(=O)Cc3cccs3)C[C@H]2C1. The lowest BCUT2D eigenvalue weighted by Gasteiger charge is -2.27. The number of hydrogen-bond acceptors (Lipinski definition) is 3. The van der Waals surface area contributed by atoms with Gasteiger partial charge in [-0.3, -0.25) is 4.79 Å². The molecule has 0 radical (unpaired) electrons. The van der Waals surface area contributed by atoms with E-state index in [1.54, 1.807) is 11.3 Å². The fraction of sp³-hybridized carbons (Fsp3) is 0.643. The Morgan fingerprint density at radius 3 is 3.00 bits per heavy atom. The Bertz CT molecular complexity index is 417. The van der Waals surface area contributed by atoms with Gasteiger partial charge in [0.25, 0.3) is 0 Å². The van der Waals surface area contributed by atoms with Crippen LogP contribution in [0.4, 0.5) is 0 Å². The lowest BCUT2D eigenvalue weighted by atomic mass is 9.79. The number of fused-ring (bicyclic) bond motifs is 1. The Kier molecular flexibility index (Phi) is 3.39. The highest BCUT2D eigenvalue weighted by Gasteiger charge is 2.38. The van der Waals surface area contributed by atoms with Gasteiger partial charge in [0, 0.05) is 24.0 Å². The summed E-state index contributed by atoms with van der Waals surface area (Å²) in [5, 5.41) is 2.03. The van der Waals surface area contributed by atoms with Gasteiger partial charge in [-0.15, -0.1) is 11.3 Å². The minimum Gasteiger partial charge on any atom is -0.342 e. The summed E-state index contributed by atoms with van der Waals surface area (Å²) >= 11 is 1.67. The summed E-state index contributed by atoms with van der Waals surface area (Å²) in [6, 6.07) is 4.41. The maximum atomic E-state index is 12.2. The first kappa shape index (κ1) is 12.2. The van der Waals surface area contributed by atoms with Gasteiger partial charge in [-0.25, -0.2) is 0 Å². The van der Waals surface area contributed by atoms with Crippen molar-refractivity contribution < 1.29 is 4.79 Å². The van der Waals surface area contributed by atoms with Crippen LogP contribution in [0.5, 0.6) is 0 Å². The van der Waals surface area contributed by atoms with Crippen LogP contribution in [0.1, 0.15) is 24.1 Å². The average molecular weight is 264 g/mol. The third-order valence-corrected chi connectivity index (χ3v) is 5.22. The number of thiophene rings is 1. The van der Waals surface area contributed by atoms with Gasteiger partial charge in [0.15, 0.2) is 0 Å². The molecule has 98 valence electrons. The Balaban J connectivity index is 1.59. The molecule has 1 aliphatic carbocycles. The van der Waals surface area contributed by atoms with E-state index in [1.807, 2.05) is 17.5 Å². The van der Waals surface area contributed by atoms with Crippen LogP contribution in [0.25, 0.3) is 0 Å². The van der Waals surface area contributed by atoms with Crippen LogP contribution in [-0.4, -0.2) is 29.9 Å². The summed E-state index contributed by atoms with van der Waals surface area (Å²) in [5.74, 6) is 1.65. The molecule has 18 heavy (non-hydrogen) atoms. The standard InChI is InChI=1S/C14H20N2OS/c15-12-4-3-10-8-16(9-11(10)6-12)14(17)7-13-2-1-5-18-13/h1-2,5,10-12H,3-4,6-9,15H2/t10-,11+,12?/m0/s1. The van der Waals surface area contributed by atoms with Crippen LogP contribution in [-0.2, 0) is 11.2 Å². The molecule has 1 amide bonds. The molecule has 2 heterocycles. The minimum atomic E-state index is 0.292. The van der Waals surface area contributed by atoms with E-state index in [1.165, 1.54) is 11.3 Å². The summed E-state index contributed by atoms with van der Waals surface area (Å²) in [7, 11) is 0. The van der Waals surface area contributed by atoms with E-state index in [0.717, 1.165) is 25.9 Å². The summed E-state index contributed by atoms with van der Waals surface area (Å²) in [5.41, 5.74) is 6.02. The summed E-state index contributed by atoms with van der Waals surface area (Å²) in [4.78, 5) is 15.5. The molecule has 1 aromatic rings. The number of nitrogens with two attached hydrogens (primary N) is 1. The number of carbonyl (C=O) groups excluding carboxylic acids is 1. The summed E-state index contributed by atoms with van der Waals surface area (Å²) < 4.78 is 0. The van der Waals surface area contributed by atoms with Gasteiger partial charge in [-0.1, -0.05) is 6.07 Å². The largest absolute Gasteiger partial charge is 0.342 e. The van der Waals surface area contributed by atoms with Crippen molar-refractivity contribution in [1.82, 2.24) is 4.90 Å². The van der Waals surface area contributed by atoms with Crippen LogP contribution in [0, 0.1) is 11.8 Å². The highest BCUT2D eigenvalue weighted by Crippen LogP contribution is 2.35. The van der Waals surface area contributed by atoms with E-state index in [2.05, 4.69) is 4.90 Å². The lowest BCUT2D eigenvalue weighted by Crippen LogP contribution is -2.32. The molecular formula is C14H20N2OS. The van der Waals surface area contributed by atoms with Crippen LogP contribution >= 0.6 is 11.3 Å². The van der Waals surface area contributed by atoms with Crippen LogP contribution in [0.3, 0.4) is 0 Å². The molecule has 0 aromatic carbocycles. The van der Waals surface area contributed by atoms with Gasteiger partial charge < -0.3 is 10.6 Å². The Hall–Kier alpha value is -0.870. The van der Waals surface area contributed by atoms with Crippen molar-refractivity contribution in [2.45, 2.75) is 31.7 Å². The van der Waals surface area contributed by atoms with E-state index in [4.69, 9.17) is 5.73 Å². The molecular weight excluding hydrogens is 244 g/mol. The topological polar surface area (TPSA) is 46.3 Å². The molecule has 4 heteroatoms. The average Bonchev–Trinajstić information content (AvgIpc) is 2.96. The van der Waals surface area contributed by atoms with E-state index >= 15 is 0 Å². The zero-order chi connectivity index (χ0) is 12.5. The quantitative estimate of drug-likeness (QED) is 0.886. The van der Waals surface area contributed by atoms with Crippen molar-refractivity contribution in [3.63, 3.8) is 0 Å². The van der Waals surface area contributed by atoms with E-state index < -0.39 is 0 Å². The maximum Gasteiger partial charge on any atom is 0.227 e. The Labute approximate surface area is 112 Å². The molecule has 1 saturated carbocycles. The first-order valence-corrected chi connectivity index (χ1v) is 7.66. The third-order valence-electron chi connectivity index (χ3n) is 4.35. The van der Waals surface area contributed by atoms with Gasteiger partial charge in [-0.2, -0.15) is 0 Å². The van der Waals surface area contributed by atoms with Gasteiger partial charge in [0.05, 0.1) is 6.42 Å². The van der Waals surface area contributed by atoms with Gasteiger partial charge in [0.1, 0.15) is 0 Å². The molecule has 1 saturated heterocycles. The maximum absolute atomic E-state index is 12.2. The minimum absolute atomic E-state index is 0.292. The van der Waals surface area contributed by atoms with Crippen molar-refractivity contribution in [1.29, 1.82) is 0 Å². The first-order valence-electron chi connectivity index (χ1n) is 6.78. The molecule has 0 bridgehead atoms. The molecule has 3 rings (SSSR count). The highest BCUT2D eigenvalue weighted by molar-refractivity contribution is 7.10.